The molecule has 152 valence electrons. The fourth-order valence-corrected chi connectivity index (χ4v) is 3.76. The molecule has 29 heavy (non-hydrogen) atoms. The molecule has 0 bridgehead atoms. The molecule has 4 heterocycles. The Morgan fingerprint density at radius 3 is 2.83 bits per heavy atom. The lowest BCUT2D eigenvalue weighted by atomic mass is 10.1. The second-order valence-electron chi connectivity index (χ2n) is 7.24. The van der Waals surface area contributed by atoms with Crippen LogP contribution in [0, 0.1) is 6.92 Å². The van der Waals surface area contributed by atoms with E-state index in [0.717, 1.165) is 29.0 Å². The van der Waals surface area contributed by atoms with Crippen molar-refractivity contribution in [2.45, 2.75) is 19.9 Å². The van der Waals surface area contributed by atoms with Gasteiger partial charge in [0.05, 0.1) is 35.8 Å². The zero-order valence-electron chi connectivity index (χ0n) is 17.1. The number of carbonyl (C=O) groups excluding carboxylic acids is 1. The first-order valence-electron chi connectivity index (χ1n) is 9.59. The third kappa shape index (κ3) is 3.55. The molecule has 3 aromatic rings. The molecule has 1 atom stereocenters. The molecule has 2 amide bonds. The standard InChI is InChI=1S/C20H25N7O2/c1-13-12-26(20(28)24-16-5-6-18(29-4)23-14(16)2)9-10-27(13)17-7-8-21-19-15(17)11-22-25(19)3/h5-8,11,13H,9-10,12H2,1-4H3,(H,24,28)/t13-/m0/s1. The first-order valence-corrected chi connectivity index (χ1v) is 9.59. The first kappa shape index (κ1) is 19.0. The van der Waals surface area contributed by atoms with Crippen LogP contribution in [0.2, 0.25) is 0 Å². The van der Waals surface area contributed by atoms with Gasteiger partial charge in [0.15, 0.2) is 5.65 Å². The Morgan fingerprint density at radius 2 is 2.10 bits per heavy atom. The normalized spacial score (nSPS) is 16.9. The number of aromatic nitrogens is 4. The molecule has 1 aliphatic rings. The van der Waals surface area contributed by atoms with Crippen LogP contribution in [0.1, 0.15) is 12.6 Å². The lowest BCUT2D eigenvalue weighted by Crippen LogP contribution is -2.54. The molecule has 3 aromatic heterocycles. The number of aryl methyl sites for hydroxylation is 2. The minimum absolute atomic E-state index is 0.118. The molecule has 1 N–H and O–H groups in total. The molecule has 1 fully saturated rings. The lowest BCUT2D eigenvalue weighted by Gasteiger charge is -2.41. The third-order valence-corrected chi connectivity index (χ3v) is 5.35. The monoisotopic (exact) mass is 395 g/mol. The molecule has 0 spiro atoms. The second kappa shape index (κ2) is 7.57. The summed E-state index contributed by atoms with van der Waals surface area (Å²) in [4.78, 5) is 25.7. The Bertz CT molecular complexity index is 1050. The number of carbonyl (C=O) groups is 1. The van der Waals surface area contributed by atoms with Crippen molar-refractivity contribution >= 4 is 28.4 Å². The van der Waals surface area contributed by atoms with E-state index in [1.54, 1.807) is 17.9 Å². The van der Waals surface area contributed by atoms with E-state index >= 15 is 0 Å². The van der Waals surface area contributed by atoms with Crippen LogP contribution < -0.4 is 15.0 Å². The van der Waals surface area contributed by atoms with Gasteiger partial charge in [-0.15, -0.1) is 0 Å². The van der Waals surface area contributed by atoms with E-state index in [0.29, 0.717) is 24.7 Å². The van der Waals surface area contributed by atoms with Gasteiger partial charge in [-0.1, -0.05) is 0 Å². The van der Waals surface area contributed by atoms with Crippen molar-refractivity contribution in [2.24, 2.45) is 7.05 Å². The number of fused-ring (bicyclic) bond motifs is 1. The van der Waals surface area contributed by atoms with E-state index in [-0.39, 0.29) is 12.1 Å². The smallest absolute Gasteiger partial charge is 0.322 e. The summed E-state index contributed by atoms with van der Waals surface area (Å²) in [5.74, 6) is 0.529. The third-order valence-electron chi connectivity index (χ3n) is 5.35. The van der Waals surface area contributed by atoms with Crippen LogP contribution >= 0.6 is 0 Å². The molecular formula is C20H25N7O2. The molecule has 1 saturated heterocycles. The maximum Gasteiger partial charge on any atom is 0.322 e. The predicted octanol–water partition coefficient (Wildman–Crippen LogP) is 2.42. The lowest BCUT2D eigenvalue weighted by molar-refractivity contribution is 0.200. The average molecular weight is 395 g/mol. The van der Waals surface area contributed by atoms with Gasteiger partial charge in [-0.05, 0) is 26.0 Å². The Morgan fingerprint density at radius 1 is 1.28 bits per heavy atom. The molecule has 0 unspecified atom stereocenters. The largest absolute Gasteiger partial charge is 0.481 e. The zero-order valence-corrected chi connectivity index (χ0v) is 17.1. The Kier molecular flexibility index (Phi) is 4.96. The topological polar surface area (TPSA) is 88.4 Å². The van der Waals surface area contributed by atoms with Gasteiger partial charge in [0.25, 0.3) is 0 Å². The number of methoxy groups -OCH3 is 1. The van der Waals surface area contributed by atoms with Crippen LogP contribution in [0.5, 0.6) is 5.88 Å². The van der Waals surface area contributed by atoms with Crippen LogP contribution in [-0.4, -0.2) is 63.5 Å². The van der Waals surface area contributed by atoms with Gasteiger partial charge in [0.1, 0.15) is 0 Å². The van der Waals surface area contributed by atoms with Crippen molar-refractivity contribution in [3.8, 4) is 5.88 Å². The van der Waals surface area contributed by atoms with Crippen LogP contribution in [-0.2, 0) is 7.05 Å². The molecule has 0 saturated carbocycles. The highest BCUT2D eigenvalue weighted by atomic mass is 16.5. The van der Waals surface area contributed by atoms with Gasteiger partial charge in [0.2, 0.25) is 5.88 Å². The quantitative estimate of drug-likeness (QED) is 0.733. The Balaban J connectivity index is 1.46. The number of hydrogen-bond donors (Lipinski definition) is 1. The summed E-state index contributed by atoms with van der Waals surface area (Å²) in [6, 6.07) is 5.62. The van der Waals surface area contributed by atoms with Crippen molar-refractivity contribution in [3.05, 3.63) is 36.3 Å². The van der Waals surface area contributed by atoms with E-state index in [4.69, 9.17) is 4.74 Å². The van der Waals surface area contributed by atoms with Crippen molar-refractivity contribution in [3.63, 3.8) is 0 Å². The number of pyridine rings is 2. The van der Waals surface area contributed by atoms with Crippen molar-refractivity contribution in [2.75, 3.05) is 37.0 Å². The summed E-state index contributed by atoms with van der Waals surface area (Å²) >= 11 is 0. The van der Waals surface area contributed by atoms with Crippen molar-refractivity contribution in [1.82, 2.24) is 24.6 Å². The Labute approximate surface area is 169 Å². The second-order valence-corrected chi connectivity index (χ2v) is 7.24. The van der Waals surface area contributed by atoms with Crippen molar-refractivity contribution < 1.29 is 9.53 Å². The highest BCUT2D eigenvalue weighted by molar-refractivity contribution is 5.91. The molecule has 0 radical (unpaired) electrons. The number of hydrogen-bond acceptors (Lipinski definition) is 6. The summed E-state index contributed by atoms with van der Waals surface area (Å²) in [6.45, 7) is 5.97. The van der Waals surface area contributed by atoms with Crippen LogP contribution in [0.4, 0.5) is 16.2 Å². The summed E-state index contributed by atoms with van der Waals surface area (Å²) < 4.78 is 6.90. The van der Waals surface area contributed by atoms with Crippen molar-refractivity contribution in [1.29, 1.82) is 0 Å². The van der Waals surface area contributed by atoms with E-state index in [9.17, 15) is 4.79 Å². The Hall–Kier alpha value is -3.36. The van der Waals surface area contributed by atoms with Gasteiger partial charge >= 0.3 is 6.03 Å². The predicted molar refractivity (Wildman–Crippen MR) is 111 cm³/mol. The van der Waals surface area contributed by atoms with Gasteiger partial charge < -0.3 is 19.9 Å². The van der Waals surface area contributed by atoms with E-state index in [2.05, 4.69) is 32.2 Å². The number of nitrogens with zero attached hydrogens (tertiary/aromatic N) is 6. The highest BCUT2D eigenvalue weighted by Crippen LogP contribution is 2.28. The van der Waals surface area contributed by atoms with Crippen LogP contribution in [0.15, 0.2) is 30.6 Å². The SMILES string of the molecule is COc1ccc(NC(=O)N2CCN(c3ccnc4c3cnn4C)[C@@H](C)C2)c(C)n1. The first-order chi connectivity index (χ1) is 14.0. The fourth-order valence-electron chi connectivity index (χ4n) is 3.76. The minimum Gasteiger partial charge on any atom is -0.481 e. The number of anilines is 2. The average Bonchev–Trinajstić information content (AvgIpc) is 3.10. The molecule has 1 aliphatic heterocycles. The highest BCUT2D eigenvalue weighted by Gasteiger charge is 2.28. The molecule has 9 nitrogen and oxygen atoms in total. The number of nitrogens with one attached hydrogen (secondary N) is 1. The van der Waals surface area contributed by atoms with Crippen LogP contribution in [0.3, 0.4) is 0 Å². The van der Waals surface area contributed by atoms with E-state index < -0.39 is 0 Å². The minimum atomic E-state index is -0.118. The molecule has 9 heteroatoms. The van der Waals surface area contributed by atoms with Gasteiger partial charge in [-0.2, -0.15) is 5.10 Å². The number of amides is 2. The molecular weight excluding hydrogens is 370 g/mol. The van der Waals surface area contributed by atoms with E-state index in [1.165, 1.54) is 0 Å². The van der Waals surface area contributed by atoms with Gasteiger partial charge in [-0.25, -0.2) is 14.8 Å². The fraction of sp³-hybridized carbons (Fsp3) is 0.400. The summed E-state index contributed by atoms with van der Waals surface area (Å²) in [5, 5.41) is 8.32. The molecule has 0 aromatic carbocycles. The van der Waals surface area contributed by atoms with Crippen LogP contribution in [0.25, 0.3) is 11.0 Å². The molecule has 0 aliphatic carbocycles. The number of rotatable bonds is 3. The summed E-state index contributed by atoms with van der Waals surface area (Å²) in [6.07, 6.45) is 3.66. The number of urea groups is 1. The summed E-state index contributed by atoms with van der Waals surface area (Å²) in [7, 11) is 3.46. The molecule has 4 rings (SSSR count). The van der Waals surface area contributed by atoms with Gasteiger partial charge in [-0.3, -0.25) is 4.68 Å². The van der Waals surface area contributed by atoms with E-state index in [1.807, 2.05) is 43.4 Å². The number of piperazine rings is 1. The van der Waals surface area contributed by atoms with Gasteiger partial charge in [0, 0.05) is 45.0 Å². The maximum absolute atomic E-state index is 12.8. The maximum atomic E-state index is 12.8. The summed E-state index contributed by atoms with van der Waals surface area (Å²) in [5.41, 5.74) is 3.38. The zero-order chi connectivity index (χ0) is 20.5. The number of ether oxygens (including phenoxy) is 1.